The maximum absolute atomic E-state index is 13.6. The van der Waals surface area contributed by atoms with Crippen LogP contribution >= 0.6 is 0 Å². The van der Waals surface area contributed by atoms with Crippen molar-refractivity contribution in [2.75, 3.05) is 21.3 Å². The zero-order chi connectivity index (χ0) is 21.4. The predicted octanol–water partition coefficient (Wildman–Crippen LogP) is 1.66. The van der Waals surface area contributed by atoms with Crippen LogP contribution in [-0.2, 0) is 23.7 Å². The summed E-state index contributed by atoms with van der Waals surface area (Å²) in [6.45, 7) is 5.73. The standard InChI is InChI=1S/C22H34O7/c1-20-11(7-8-12(26-4)18(20)24)9-14-21(2)13(10-15(27-5)29-14)22(3,25)19(28-6)16(23)17(20)21/h8,11,13-17,19,23,25H,7,9-10H2,1-6H3. The summed E-state index contributed by atoms with van der Waals surface area (Å²) in [6.07, 6.45) is 1.16. The minimum Gasteiger partial charge on any atom is -0.493 e. The van der Waals surface area contributed by atoms with E-state index in [1.165, 1.54) is 14.2 Å². The Bertz CT molecular complexity index is 718. The Morgan fingerprint density at radius 2 is 1.83 bits per heavy atom. The molecule has 0 aromatic carbocycles. The first-order chi connectivity index (χ1) is 13.6. The lowest BCUT2D eigenvalue weighted by molar-refractivity contribution is -0.355. The molecule has 0 spiro atoms. The van der Waals surface area contributed by atoms with Crippen molar-refractivity contribution in [3.05, 3.63) is 11.8 Å². The van der Waals surface area contributed by atoms with Crippen LogP contribution in [0.4, 0.5) is 0 Å². The van der Waals surface area contributed by atoms with E-state index in [-0.39, 0.29) is 23.7 Å². The minimum atomic E-state index is -1.29. The summed E-state index contributed by atoms with van der Waals surface area (Å²) in [7, 11) is 4.62. The lowest BCUT2D eigenvalue weighted by Gasteiger charge is -2.70. The van der Waals surface area contributed by atoms with Gasteiger partial charge in [-0.25, -0.2) is 0 Å². The van der Waals surface area contributed by atoms with Gasteiger partial charge in [-0.05, 0) is 31.8 Å². The number of aliphatic hydroxyl groups excluding tert-OH is 1. The van der Waals surface area contributed by atoms with Gasteiger partial charge in [0.15, 0.2) is 12.0 Å². The third kappa shape index (κ3) is 2.51. The molecule has 10 unspecified atom stereocenters. The predicted molar refractivity (Wildman–Crippen MR) is 104 cm³/mol. The fraction of sp³-hybridized carbons (Fsp3) is 0.864. The number of methoxy groups -OCH3 is 3. The molecule has 0 aromatic heterocycles. The Hall–Kier alpha value is -0.990. The van der Waals surface area contributed by atoms with E-state index < -0.39 is 40.8 Å². The Kier molecular flexibility index (Phi) is 4.95. The summed E-state index contributed by atoms with van der Waals surface area (Å²) in [4.78, 5) is 13.6. The van der Waals surface area contributed by atoms with Gasteiger partial charge in [0, 0.05) is 43.3 Å². The summed E-state index contributed by atoms with van der Waals surface area (Å²) in [5, 5.41) is 23.1. The number of allylic oxidation sites excluding steroid dienone is 2. The van der Waals surface area contributed by atoms with Gasteiger partial charge < -0.3 is 29.2 Å². The Morgan fingerprint density at radius 1 is 1.14 bits per heavy atom. The highest BCUT2D eigenvalue weighted by molar-refractivity contribution is 5.99. The summed E-state index contributed by atoms with van der Waals surface area (Å²) < 4.78 is 22.9. The molecule has 2 N–H and O–H groups in total. The van der Waals surface area contributed by atoms with Gasteiger partial charge in [-0.2, -0.15) is 0 Å². The van der Waals surface area contributed by atoms with Gasteiger partial charge in [0.2, 0.25) is 5.78 Å². The van der Waals surface area contributed by atoms with Gasteiger partial charge in [-0.3, -0.25) is 4.79 Å². The summed E-state index contributed by atoms with van der Waals surface area (Å²) in [6, 6.07) is 0. The monoisotopic (exact) mass is 410 g/mol. The molecule has 2 saturated carbocycles. The van der Waals surface area contributed by atoms with Gasteiger partial charge in [0.25, 0.3) is 0 Å². The molecule has 4 aliphatic rings. The van der Waals surface area contributed by atoms with Crippen LogP contribution in [0.5, 0.6) is 0 Å². The number of ether oxygens (including phenoxy) is 4. The van der Waals surface area contributed by atoms with Gasteiger partial charge in [-0.15, -0.1) is 0 Å². The molecule has 7 heteroatoms. The van der Waals surface area contributed by atoms with Gasteiger partial charge in [-0.1, -0.05) is 13.8 Å². The van der Waals surface area contributed by atoms with Gasteiger partial charge >= 0.3 is 0 Å². The summed E-state index contributed by atoms with van der Waals surface area (Å²) in [5.41, 5.74) is -2.75. The highest BCUT2D eigenvalue weighted by Gasteiger charge is 2.74. The fourth-order valence-corrected chi connectivity index (χ4v) is 7.48. The number of hydrogen-bond acceptors (Lipinski definition) is 7. The van der Waals surface area contributed by atoms with E-state index in [1.807, 2.05) is 13.0 Å². The molecule has 164 valence electrons. The maximum Gasteiger partial charge on any atom is 0.203 e. The summed E-state index contributed by atoms with van der Waals surface area (Å²) in [5.74, 6) is -0.433. The molecular weight excluding hydrogens is 376 g/mol. The number of Topliss-reactive ketones (excluding diaryl/α,β-unsaturated/α-hetero) is 1. The van der Waals surface area contributed by atoms with Crippen LogP contribution in [0.1, 0.15) is 40.0 Å². The van der Waals surface area contributed by atoms with E-state index >= 15 is 0 Å². The molecule has 0 aromatic rings. The van der Waals surface area contributed by atoms with Crippen LogP contribution in [0.25, 0.3) is 0 Å². The van der Waals surface area contributed by atoms with E-state index in [9.17, 15) is 15.0 Å². The Balaban J connectivity index is 1.91. The minimum absolute atomic E-state index is 0.00318. The zero-order valence-electron chi connectivity index (χ0n) is 18.2. The van der Waals surface area contributed by atoms with Crippen LogP contribution in [0.2, 0.25) is 0 Å². The highest BCUT2D eigenvalue weighted by atomic mass is 16.7. The number of aliphatic hydroxyl groups is 2. The van der Waals surface area contributed by atoms with Crippen molar-refractivity contribution in [3.63, 3.8) is 0 Å². The average Bonchev–Trinajstić information content (AvgIpc) is 2.66. The van der Waals surface area contributed by atoms with Crippen molar-refractivity contribution >= 4 is 5.78 Å². The molecule has 29 heavy (non-hydrogen) atoms. The van der Waals surface area contributed by atoms with Crippen molar-refractivity contribution < 1.29 is 34.0 Å². The molecule has 0 radical (unpaired) electrons. The van der Waals surface area contributed by atoms with Gasteiger partial charge in [0.05, 0.1) is 24.9 Å². The number of rotatable bonds is 3. The lowest BCUT2D eigenvalue weighted by Crippen LogP contribution is -2.77. The van der Waals surface area contributed by atoms with E-state index in [0.29, 0.717) is 25.0 Å². The van der Waals surface area contributed by atoms with Crippen LogP contribution in [-0.4, -0.2) is 67.5 Å². The second-order valence-electron chi connectivity index (χ2n) is 9.85. The van der Waals surface area contributed by atoms with Crippen molar-refractivity contribution in [2.45, 2.75) is 70.2 Å². The maximum atomic E-state index is 13.6. The topological polar surface area (TPSA) is 94.5 Å². The fourth-order valence-electron chi connectivity index (χ4n) is 7.48. The molecule has 1 saturated heterocycles. The number of fused-ring (bicyclic) bond motifs is 2. The van der Waals surface area contributed by atoms with Crippen molar-refractivity contribution in [1.29, 1.82) is 0 Å². The average molecular weight is 411 g/mol. The molecule has 4 rings (SSSR count). The Morgan fingerprint density at radius 3 is 2.41 bits per heavy atom. The zero-order valence-corrected chi connectivity index (χ0v) is 18.2. The second kappa shape index (κ2) is 6.76. The van der Waals surface area contributed by atoms with Crippen molar-refractivity contribution in [2.24, 2.45) is 28.6 Å². The highest BCUT2D eigenvalue weighted by Crippen LogP contribution is 2.68. The largest absolute Gasteiger partial charge is 0.493 e. The smallest absolute Gasteiger partial charge is 0.203 e. The van der Waals surface area contributed by atoms with Crippen LogP contribution < -0.4 is 0 Å². The quantitative estimate of drug-likeness (QED) is 0.731. The van der Waals surface area contributed by atoms with Crippen molar-refractivity contribution in [1.82, 2.24) is 0 Å². The SMILES string of the molecule is COC1=CCC2CC3OC(OC)CC4C(C)(O)C(OC)C(O)C(C2(C)C1=O)C34C. The molecule has 10 atom stereocenters. The normalized spacial score (nSPS) is 54.3. The molecule has 1 aliphatic heterocycles. The molecule has 0 amide bonds. The third-order valence-corrected chi connectivity index (χ3v) is 8.82. The first kappa shape index (κ1) is 21.2. The second-order valence-corrected chi connectivity index (χ2v) is 9.85. The first-order valence-electron chi connectivity index (χ1n) is 10.5. The first-order valence-corrected chi connectivity index (χ1v) is 10.5. The molecule has 0 bridgehead atoms. The summed E-state index contributed by atoms with van der Waals surface area (Å²) >= 11 is 0. The van der Waals surface area contributed by atoms with E-state index in [0.717, 1.165) is 0 Å². The van der Waals surface area contributed by atoms with E-state index in [4.69, 9.17) is 18.9 Å². The van der Waals surface area contributed by atoms with Crippen LogP contribution in [0.3, 0.4) is 0 Å². The van der Waals surface area contributed by atoms with E-state index in [2.05, 4.69) is 6.92 Å². The van der Waals surface area contributed by atoms with Gasteiger partial charge in [0.1, 0.15) is 6.10 Å². The molecular formula is C22H34O7. The number of carbonyl (C=O) groups excluding carboxylic acids is 1. The third-order valence-electron chi connectivity index (χ3n) is 8.82. The number of ketones is 1. The van der Waals surface area contributed by atoms with Crippen LogP contribution in [0.15, 0.2) is 11.8 Å². The molecule has 1 heterocycles. The number of carbonyl (C=O) groups is 1. The molecule has 3 aliphatic carbocycles. The van der Waals surface area contributed by atoms with Crippen molar-refractivity contribution in [3.8, 4) is 0 Å². The Labute approximate surface area is 172 Å². The van der Waals surface area contributed by atoms with Crippen LogP contribution in [0, 0.1) is 28.6 Å². The number of hydrogen-bond donors (Lipinski definition) is 2. The molecule has 3 fully saturated rings. The molecule has 7 nitrogen and oxygen atoms in total. The van der Waals surface area contributed by atoms with E-state index in [1.54, 1.807) is 14.0 Å². The lowest BCUT2D eigenvalue weighted by atomic mass is 9.38.